The third kappa shape index (κ3) is 1.15. The van der Waals surface area contributed by atoms with E-state index in [1.54, 1.807) is 6.92 Å². The fraction of sp³-hybridized carbons (Fsp3) is 0.667. The molecule has 0 aromatic carbocycles. The number of nitrogens with one attached hydrogen (secondary N) is 1. The number of ether oxygens (including phenoxy) is 1. The molecule has 0 saturated heterocycles. The summed E-state index contributed by atoms with van der Waals surface area (Å²) in [6, 6.07) is 0. The van der Waals surface area contributed by atoms with Gasteiger partial charge in [-0.25, -0.2) is 10.2 Å². The number of carbonyl (C=O) groups excluding carboxylic acids is 2. The van der Waals surface area contributed by atoms with Gasteiger partial charge in [-0.15, -0.1) is 5.11 Å². The lowest BCUT2D eigenvalue weighted by Crippen LogP contribution is -2.44. The van der Waals surface area contributed by atoms with Gasteiger partial charge in [0.05, 0.1) is 6.61 Å². The van der Waals surface area contributed by atoms with E-state index in [-0.39, 0.29) is 6.61 Å². The van der Waals surface area contributed by atoms with Crippen molar-refractivity contribution in [2.75, 3.05) is 6.61 Å². The van der Waals surface area contributed by atoms with Crippen molar-refractivity contribution in [2.45, 2.75) is 19.4 Å². The van der Waals surface area contributed by atoms with Crippen LogP contribution in [-0.2, 0) is 14.3 Å². The molecule has 0 bridgehead atoms. The second kappa shape index (κ2) is 2.88. The standard InChI is InChI=1S/C6H9N3O3/c1-3-12-5(11)6(2)4(10)7-9-8-6/h3H2,1-2H3,(H,7,8,10). The van der Waals surface area contributed by atoms with E-state index in [9.17, 15) is 9.59 Å². The molecule has 1 heterocycles. The number of nitrogens with zero attached hydrogens (tertiary/aromatic N) is 2. The Kier molecular flexibility index (Phi) is 2.07. The highest BCUT2D eigenvalue weighted by Crippen LogP contribution is 2.17. The number of rotatable bonds is 2. The first-order valence-electron chi connectivity index (χ1n) is 3.51. The molecular weight excluding hydrogens is 162 g/mol. The molecule has 0 saturated carbocycles. The largest absolute Gasteiger partial charge is 0.464 e. The van der Waals surface area contributed by atoms with E-state index in [1.807, 2.05) is 0 Å². The zero-order valence-electron chi connectivity index (χ0n) is 6.83. The molecule has 1 amide bonds. The van der Waals surface area contributed by atoms with E-state index in [4.69, 9.17) is 0 Å². The SMILES string of the molecule is CCOC(=O)C1(C)N=NNC1=O. The molecule has 1 unspecified atom stereocenters. The molecule has 66 valence electrons. The van der Waals surface area contributed by atoms with Crippen LogP contribution in [-0.4, -0.2) is 24.0 Å². The van der Waals surface area contributed by atoms with Crippen LogP contribution in [0, 0.1) is 0 Å². The minimum absolute atomic E-state index is 0.219. The lowest BCUT2D eigenvalue weighted by atomic mass is 10.0. The van der Waals surface area contributed by atoms with Gasteiger partial charge in [-0.05, 0) is 13.8 Å². The van der Waals surface area contributed by atoms with Gasteiger partial charge in [-0.1, -0.05) is 5.22 Å². The van der Waals surface area contributed by atoms with Gasteiger partial charge in [-0.2, -0.15) is 0 Å². The minimum Gasteiger partial charge on any atom is -0.464 e. The monoisotopic (exact) mass is 171 g/mol. The summed E-state index contributed by atoms with van der Waals surface area (Å²) in [5.74, 6) is -1.23. The lowest BCUT2D eigenvalue weighted by Gasteiger charge is -2.12. The molecule has 0 spiro atoms. The first-order chi connectivity index (χ1) is 5.61. The second-order valence-electron chi connectivity index (χ2n) is 2.43. The molecule has 1 N–H and O–H groups in total. The van der Waals surface area contributed by atoms with Crippen LogP contribution in [0.3, 0.4) is 0 Å². The van der Waals surface area contributed by atoms with Gasteiger partial charge in [0.1, 0.15) is 0 Å². The Labute approximate surface area is 69.0 Å². The molecule has 6 nitrogen and oxygen atoms in total. The quantitative estimate of drug-likeness (QED) is 0.461. The summed E-state index contributed by atoms with van der Waals surface area (Å²) in [6.45, 7) is 3.24. The van der Waals surface area contributed by atoms with E-state index in [0.29, 0.717) is 0 Å². The Morgan fingerprint density at radius 1 is 1.75 bits per heavy atom. The van der Waals surface area contributed by atoms with Crippen LogP contribution >= 0.6 is 0 Å². The number of carbonyl (C=O) groups is 2. The van der Waals surface area contributed by atoms with Crippen molar-refractivity contribution >= 4 is 11.9 Å². The van der Waals surface area contributed by atoms with E-state index < -0.39 is 17.4 Å². The van der Waals surface area contributed by atoms with E-state index >= 15 is 0 Å². The average molecular weight is 171 g/mol. The molecule has 6 heteroatoms. The highest BCUT2D eigenvalue weighted by Gasteiger charge is 2.46. The normalized spacial score (nSPS) is 27.0. The van der Waals surface area contributed by atoms with Crippen molar-refractivity contribution in [3.05, 3.63) is 0 Å². The Morgan fingerprint density at radius 3 is 2.83 bits per heavy atom. The molecule has 0 aromatic heterocycles. The fourth-order valence-corrected chi connectivity index (χ4v) is 0.730. The molecular formula is C6H9N3O3. The van der Waals surface area contributed by atoms with Gasteiger partial charge in [-0.3, -0.25) is 4.79 Å². The van der Waals surface area contributed by atoms with Crippen molar-refractivity contribution < 1.29 is 14.3 Å². The van der Waals surface area contributed by atoms with Crippen molar-refractivity contribution in [2.24, 2.45) is 10.3 Å². The molecule has 1 aliphatic heterocycles. The van der Waals surface area contributed by atoms with Gasteiger partial charge >= 0.3 is 5.97 Å². The maximum atomic E-state index is 11.1. The van der Waals surface area contributed by atoms with Crippen molar-refractivity contribution in [3.63, 3.8) is 0 Å². The first-order valence-corrected chi connectivity index (χ1v) is 3.51. The Hall–Kier alpha value is -1.46. The number of hydrogen-bond acceptors (Lipinski definition) is 5. The third-order valence-corrected chi connectivity index (χ3v) is 1.52. The van der Waals surface area contributed by atoms with Crippen LogP contribution < -0.4 is 5.43 Å². The molecule has 1 rings (SSSR count). The Balaban J connectivity index is 2.77. The number of hydrogen-bond donors (Lipinski definition) is 1. The first kappa shape index (κ1) is 8.63. The van der Waals surface area contributed by atoms with Gasteiger partial charge < -0.3 is 4.74 Å². The summed E-state index contributed by atoms with van der Waals surface area (Å²) in [7, 11) is 0. The molecule has 12 heavy (non-hydrogen) atoms. The predicted molar refractivity (Wildman–Crippen MR) is 38.0 cm³/mol. The van der Waals surface area contributed by atoms with Crippen LogP contribution in [0.25, 0.3) is 0 Å². The molecule has 0 aromatic rings. The summed E-state index contributed by atoms with van der Waals surface area (Å²) >= 11 is 0. The summed E-state index contributed by atoms with van der Waals surface area (Å²) < 4.78 is 4.65. The van der Waals surface area contributed by atoms with Crippen molar-refractivity contribution in [1.29, 1.82) is 0 Å². The molecule has 1 atom stereocenters. The highest BCUT2D eigenvalue weighted by molar-refractivity contribution is 6.07. The highest BCUT2D eigenvalue weighted by atomic mass is 16.5. The smallest absolute Gasteiger partial charge is 0.345 e. The molecule has 0 fully saturated rings. The van der Waals surface area contributed by atoms with Gasteiger partial charge in [0.25, 0.3) is 11.4 Å². The molecule has 0 radical (unpaired) electrons. The van der Waals surface area contributed by atoms with Crippen LogP contribution in [0.15, 0.2) is 10.3 Å². The van der Waals surface area contributed by atoms with Crippen molar-refractivity contribution in [3.8, 4) is 0 Å². The minimum atomic E-state index is -1.49. The molecule has 1 aliphatic rings. The average Bonchev–Trinajstić information content (AvgIpc) is 2.34. The fourth-order valence-electron chi connectivity index (χ4n) is 0.730. The van der Waals surface area contributed by atoms with E-state index in [1.165, 1.54) is 6.92 Å². The summed E-state index contributed by atoms with van der Waals surface area (Å²) in [6.07, 6.45) is 0. The predicted octanol–water partition coefficient (Wildman–Crippen LogP) is -0.195. The van der Waals surface area contributed by atoms with Gasteiger partial charge in [0, 0.05) is 0 Å². The summed E-state index contributed by atoms with van der Waals surface area (Å²) in [5.41, 5.74) is 0.578. The lowest BCUT2D eigenvalue weighted by molar-refractivity contribution is -0.152. The van der Waals surface area contributed by atoms with E-state index in [2.05, 4.69) is 20.5 Å². The number of esters is 1. The molecule has 0 aliphatic carbocycles. The summed E-state index contributed by atoms with van der Waals surface area (Å²) in [5, 5.41) is 6.70. The van der Waals surface area contributed by atoms with Crippen LogP contribution in [0.5, 0.6) is 0 Å². The third-order valence-electron chi connectivity index (χ3n) is 1.52. The van der Waals surface area contributed by atoms with Crippen LogP contribution in [0.2, 0.25) is 0 Å². The Morgan fingerprint density at radius 2 is 2.42 bits per heavy atom. The Bertz CT molecular complexity index is 250. The maximum absolute atomic E-state index is 11.1. The second-order valence-corrected chi connectivity index (χ2v) is 2.43. The topological polar surface area (TPSA) is 80.1 Å². The van der Waals surface area contributed by atoms with Gasteiger partial charge in [0.2, 0.25) is 0 Å². The number of amides is 1. The van der Waals surface area contributed by atoms with Crippen LogP contribution in [0.4, 0.5) is 0 Å². The van der Waals surface area contributed by atoms with Crippen molar-refractivity contribution in [1.82, 2.24) is 5.43 Å². The van der Waals surface area contributed by atoms with Gasteiger partial charge in [0.15, 0.2) is 0 Å². The van der Waals surface area contributed by atoms with Crippen LogP contribution in [0.1, 0.15) is 13.8 Å². The maximum Gasteiger partial charge on any atom is 0.345 e. The zero-order chi connectivity index (χ0) is 9.19. The van der Waals surface area contributed by atoms with E-state index in [0.717, 1.165) is 0 Å². The zero-order valence-corrected chi connectivity index (χ0v) is 6.83. The summed E-state index contributed by atoms with van der Waals surface area (Å²) in [4.78, 5) is 22.2.